The van der Waals surface area contributed by atoms with Crippen molar-refractivity contribution in [2.24, 2.45) is 0 Å². The fraction of sp³-hybridized carbons (Fsp3) is 0.188. The third-order valence-corrected chi connectivity index (χ3v) is 4.10. The molecule has 0 saturated heterocycles. The lowest BCUT2D eigenvalue weighted by molar-refractivity contribution is 0.551. The van der Waals surface area contributed by atoms with Gasteiger partial charge in [0.1, 0.15) is 11.3 Å². The van der Waals surface area contributed by atoms with Gasteiger partial charge < -0.3 is 9.73 Å². The van der Waals surface area contributed by atoms with E-state index in [1.807, 2.05) is 24.3 Å². The summed E-state index contributed by atoms with van der Waals surface area (Å²) < 4.78 is 6.78. The average molecular weight is 366 g/mol. The van der Waals surface area contributed by atoms with E-state index >= 15 is 0 Å². The first-order valence-corrected chi connectivity index (χ1v) is 7.90. The van der Waals surface area contributed by atoms with Crippen LogP contribution in [0.4, 0.5) is 5.69 Å². The summed E-state index contributed by atoms with van der Waals surface area (Å²) in [6.07, 6.45) is 2.54. The van der Waals surface area contributed by atoms with Crippen molar-refractivity contribution in [2.75, 3.05) is 5.32 Å². The Labute approximate surface area is 136 Å². The number of hydrogen-bond acceptors (Lipinski definition) is 3. The first-order chi connectivity index (χ1) is 10.2. The molecular formula is C16H14BrClN2O. The predicted octanol–water partition coefficient (Wildman–Crippen LogP) is 5.42. The van der Waals surface area contributed by atoms with Crippen LogP contribution in [0.25, 0.3) is 11.0 Å². The summed E-state index contributed by atoms with van der Waals surface area (Å²) >= 11 is 9.51. The molecule has 0 bridgehead atoms. The first kappa shape index (κ1) is 14.4. The zero-order chi connectivity index (χ0) is 14.8. The third kappa shape index (κ3) is 2.92. The highest BCUT2D eigenvalue weighted by Gasteiger charge is 2.13. The summed E-state index contributed by atoms with van der Waals surface area (Å²) in [5.74, 6) is 1.00. The second-order valence-corrected chi connectivity index (χ2v) is 5.97. The molecule has 0 saturated carbocycles. The highest BCUT2D eigenvalue weighted by molar-refractivity contribution is 9.10. The van der Waals surface area contributed by atoms with Crippen molar-refractivity contribution in [3.05, 3.63) is 57.5 Å². The van der Waals surface area contributed by atoms with Crippen molar-refractivity contribution in [1.82, 2.24) is 4.98 Å². The van der Waals surface area contributed by atoms with Crippen molar-refractivity contribution in [3.63, 3.8) is 0 Å². The van der Waals surface area contributed by atoms with Gasteiger partial charge in [0.05, 0.1) is 5.69 Å². The van der Waals surface area contributed by atoms with Crippen LogP contribution in [0.2, 0.25) is 5.15 Å². The fourth-order valence-corrected chi connectivity index (χ4v) is 2.86. The Morgan fingerprint density at radius 2 is 2.14 bits per heavy atom. The SMILES string of the molecule is CCc1oc2ccccc2c1CNc1cc(Br)cnc1Cl. The summed E-state index contributed by atoms with van der Waals surface area (Å²) in [6.45, 7) is 2.74. The highest BCUT2D eigenvalue weighted by Crippen LogP contribution is 2.29. The van der Waals surface area contributed by atoms with Crippen LogP contribution in [-0.2, 0) is 13.0 Å². The number of para-hydroxylation sites is 1. The number of rotatable bonds is 4. The number of nitrogens with zero attached hydrogens (tertiary/aromatic N) is 1. The Hall–Kier alpha value is -1.52. The molecule has 0 fully saturated rings. The molecule has 0 aliphatic rings. The maximum absolute atomic E-state index is 6.11. The number of pyridine rings is 1. The highest BCUT2D eigenvalue weighted by atomic mass is 79.9. The number of halogens is 2. The minimum Gasteiger partial charge on any atom is -0.461 e. The van der Waals surface area contributed by atoms with Crippen molar-refractivity contribution in [3.8, 4) is 0 Å². The van der Waals surface area contributed by atoms with Gasteiger partial charge in [-0.2, -0.15) is 0 Å². The number of furan rings is 1. The van der Waals surface area contributed by atoms with Crippen LogP contribution < -0.4 is 5.32 Å². The lowest BCUT2D eigenvalue weighted by Crippen LogP contribution is -2.02. The standard InChI is InChI=1S/C16H14BrClN2O/c1-2-14-12(11-5-3-4-6-15(11)21-14)9-19-13-7-10(17)8-20-16(13)18/h3-8,19H,2,9H2,1H3. The molecule has 3 aromatic rings. The van der Waals surface area contributed by atoms with Gasteiger partial charge in [-0.05, 0) is 28.1 Å². The number of aryl methyl sites for hydroxylation is 1. The first-order valence-electron chi connectivity index (χ1n) is 6.73. The van der Waals surface area contributed by atoms with Crippen LogP contribution in [0.5, 0.6) is 0 Å². The maximum Gasteiger partial charge on any atom is 0.152 e. The van der Waals surface area contributed by atoms with Crippen LogP contribution in [0.1, 0.15) is 18.2 Å². The van der Waals surface area contributed by atoms with Crippen molar-refractivity contribution >= 4 is 44.2 Å². The predicted molar refractivity (Wildman–Crippen MR) is 89.9 cm³/mol. The summed E-state index contributed by atoms with van der Waals surface area (Å²) in [6, 6.07) is 10.00. The van der Waals surface area contributed by atoms with Gasteiger partial charge in [-0.15, -0.1) is 0 Å². The summed E-state index contributed by atoms with van der Waals surface area (Å²) in [4.78, 5) is 4.12. The monoisotopic (exact) mass is 364 g/mol. The number of fused-ring (bicyclic) bond motifs is 1. The Morgan fingerprint density at radius 3 is 2.95 bits per heavy atom. The molecule has 21 heavy (non-hydrogen) atoms. The fourth-order valence-electron chi connectivity index (χ4n) is 2.36. The molecule has 0 radical (unpaired) electrons. The molecule has 2 aromatic heterocycles. The molecule has 5 heteroatoms. The van der Waals surface area contributed by atoms with E-state index in [9.17, 15) is 0 Å². The minimum absolute atomic E-state index is 0.462. The van der Waals surface area contributed by atoms with Crippen LogP contribution in [0, 0.1) is 0 Å². The van der Waals surface area contributed by atoms with E-state index in [1.54, 1.807) is 6.20 Å². The van der Waals surface area contributed by atoms with Crippen LogP contribution in [0.3, 0.4) is 0 Å². The molecule has 108 valence electrons. The molecule has 1 aromatic carbocycles. The number of benzene rings is 1. The van der Waals surface area contributed by atoms with E-state index in [1.165, 1.54) is 5.56 Å². The smallest absolute Gasteiger partial charge is 0.152 e. The van der Waals surface area contributed by atoms with Crippen LogP contribution in [-0.4, -0.2) is 4.98 Å². The van der Waals surface area contributed by atoms with Crippen molar-refractivity contribution in [1.29, 1.82) is 0 Å². The van der Waals surface area contributed by atoms with E-state index in [0.29, 0.717) is 11.7 Å². The van der Waals surface area contributed by atoms with Gasteiger partial charge in [0.25, 0.3) is 0 Å². The van der Waals surface area contributed by atoms with E-state index in [2.05, 4.69) is 39.2 Å². The van der Waals surface area contributed by atoms with Gasteiger partial charge in [0.2, 0.25) is 0 Å². The largest absolute Gasteiger partial charge is 0.461 e. The molecule has 0 atom stereocenters. The van der Waals surface area contributed by atoms with Gasteiger partial charge in [0.15, 0.2) is 5.15 Å². The van der Waals surface area contributed by atoms with Crippen molar-refractivity contribution < 1.29 is 4.42 Å². The third-order valence-electron chi connectivity index (χ3n) is 3.36. The van der Waals surface area contributed by atoms with E-state index in [0.717, 1.165) is 33.3 Å². The normalized spacial score (nSPS) is 11.0. The number of hydrogen-bond donors (Lipinski definition) is 1. The zero-order valence-corrected chi connectivity index (χ0v) is 13.8. The number of anilines is 1. The summed E-state index contributed by atoms with van der Waals surface area (Å²) in [7, 11) is 0. The lowest BCUT2D eigenvalue weighted by atomic mass is 10.1. The minimum atomic E-state index is 0.462. The second-order valence-electron chi connectivity index (χ2n) is 4.70. The van der Waals surface area contributed by atoms with E-state index in [-0.39, 0.29) is 0 Å². The van der Waals surface area contributed by atoms with Gasteiger partial charge in [-0.25, -0.2) is 4.98 Å². The quantitative estimate of drug-likeness (QED) is 0.627. The molecule has 1 N–H and O–H groups in total. The average Bonchev–Trinajstić information content (AvgIpc) is 2.86. The molecule has 0 spiro atoms. The van der Waals surface area contributed by atoms with Crippen LogP contribution >= 0.6 is 27.5 Å². The van der Waals surface area contributed by atoms with Crippen LogP contribution in [0.15, 0.2) is 45.4 Å². The molecule has 2 heterocycles. The van der Waals surface area contributed by atoms with Gasteiger partial charge >= 0.3 is 0 Å². The molecule has 0 aliphatic heterocycles. The Morgan fingerprint density at radius 1 is 1.33 bits per heavy atom. The lowest BCUT2D eigenvalue weighted by Gasteiger charge is -2.08. The topological polar surface area (TPSA) is 38.1 Å². The van der Waals surface area contributed by atoms with Gasteiger partial charge in [-0.3, -0.25) is 0 Å². The Bertz CT molecular complexity index is 785. The maximum atomic E-state index is 6.11. The number of nitrogens with one attached hydrogen (secondary N) is 1. The number of aromatic nitrogens is 1. The van der Waals surface area contributed by atoms with Crippen molar-refractivity contribution in [2.45, 2.75) is 19.9 Å². The zero-order valence-electron chi connectivity index (χ0n) is 11.5. The Kier molecular flexibility index (Phi) is 4.17. The summed E-state index contributed by atoms with van der Waals surface area (Å²) in [5.41, 5.74) is 2.90. The van der Waals surface area contributed by atoms with E-state index in [4.69, 9.17) is 16.0 Å². The molecule has 3 nitrogen and oxygen atoms in total. The summed E-state index contributed by atoms with van der Waals surface area (Å²) in [5, 5.41) is 4.94. The molecule has 0 aliphatic carbocycles. The second kappa shape index (κ2) is 6.08. The van der Waals surface area contributed by atoms with Gasteiger partial charge in [0, 0.05) is 34.6 Å². The van der Waals surface area contributed by atoms with E-state index < -0.39 is 0 Å². The van der Waals surface area contributed by atoms with Gasteiger partial charge in [-0.1, -0.05) is 36.7 Å². The Balaban J connectivity index is 1.93. The molecular weight excluding hydrogens is 352 g/mol. The molecule has 0 amide bonds. The molecule has 3 rings (SSSR count). The molecule has 0 unspecified atom stereocenters.